The van der Waals surface area contributed by atoms with Gasteiger partial charge >= 0.3 is 6.18 Å². The number of nitrogens with one attached hydrogen (secondary N) is 1. The third kappa shape index (κ3) is 4.38. The molecule has 23 heavy (non-hydrogen) atoms. The molecule has 0 saturated carbocycles. The number of carbonyl (C=O) groups excluding carboxylic acids is 1. The first-order valence-corrected chi connectivity index (χ1v) is 6.81. The highest BCUT2D eigenvalue weighted by Crippen LogP contribution is 2.28. The number of hydrogen-bond donors (Lipinski definition) is 1. The number of rotatable bonds is 6. The van der Waals surface area contributed by atoms with E-state index in [4.69, 9.17) is 9.15 Å². The van der Waals surface area contributed by atoms with Gasteiger partial charge in [-0.3, -0.25) is 4.79 Å². The number of aryl methyl sites for hydroxylation is 1. The summed E-state index contributed by atoms with van der Waals surface area (Å²) in [6.07, 6.45) is -4.38. The zero-order valence-electron chi connectivity index (χ0n) is 12.6. The van der Waals surface area contributed by atoms with Crippen molar-refractivity contribution in [3.05, 3.63) is 29.5 Å². The lowest BCUT2D eigenvalue weighted by Gasteiger charge is -2.08. The molecule has 0 aliphatic carbocycles. The van der Waals surface area contributed by atoms with Crippen LogP contribution in [0.1, 0.15) is 16.1 Å². The molecule has 0 unspecified atom stereocenters. The summed E-state index contributed by atoms with van der Waals surface area (Å²) in [6.45, 7) is 0.0970. The van der Waals surface area contributed by atoms with Gasteiger partial charge in [0.2, 0.25) is 0 Å². The zero-order chi connectivity index (χ0) is 17.0. The molecule has 0 aliphatic rings. The molecule has 0 bridgehead atoms. The van der Waals surface area contributed by atoms with Crippen LogP contribution in [-0.4, -0.2) is 39.0 Å². The molecule has 1 heterocycles. The molecule has 1 aromatic carbocycles. The Bertz CT molecular complexity index is 694. The molecule has 1 N–H and O–H groups in total. The molecule has 0 spiro atoms. The van der Waals surface area contributed by atoms with Crippen molar-refractivity contribution in [2.75, 3.05) is 26.9 Å². The Balaban J connectivity index is 1.97. The number of amides is 1. The number of carbonyl (C=O) groups is 1. The van der Waals surface area contributed by atoms with Gasteiger partial charge in [0.1, 0.15) is 17.9 Å². The summed E-state index contributed by atoms with van der Waals surface area (Å²) in [6, 6.07) is 5.14. The number of alkyl halides is 3. The van der Waals surface area contributed by atoms with E-state index >= 15 is 0 Å². The molecular weight excluding hydrogens is 315 g/mol. The van der Waals surface area contributed by atoms with E-state index in [0.29, 0.717) is 16.9 Å². The highest BCUT2D eigenvalue weighted by Gasteiger charge is 2.27. The molecule has 1 aromatic heterocycles. The van der Waals surface area contributed by atoms with Crippen LogP contribution in [0.15, 0.2) is 22.6 Å². The second-order valence-corrected chi connectivity index (χ2v) is 4.84. The third-order valence-corrected chi connectivity index (χ3v) is 3.15. The van der Waals surface area contributed by atoms with Crippen LogP contribution in [-0.2, 0) is 4.74 Å². The number of ether oxygens (including phenoxy) is 2. The lowest BCUT2D eigenvalue weighted by atomic mass is 10.1. The van der Waals surface area contributed by atoms with Crippen LogP contribution in [0.5, 0.6) is 5.75 Å². The Morgan fingerprint density at radius 1 is 1.35 bits per heavy atom. The van der Waals surface area contributed by atoms with Gasteiger partial charge in [0, 0.05) is 17.5 Å². The lowest BCUT2D eigenvalue weighted by Crippen LogP contribution is -2.29. The van der Waals surface area contributed by atoms with Crippen molar-refractivity contribution in [1.29, 1.82) is 0 Å². The Kier molecular flexibility index (Phi) is 5.15. The minimum atomic E-state index is -4.38. The van der Waals surface area contributed by atoms with Crippen molar-refractivity contribution in [1.82, 2.24) is 5.32 Å². The molecule has 8 heteroatoms. The maximum atomic E-state index is 12.0. The first-order valence-electron chi connectivity index (χ1n) is 6.81. The monoisotopic (exact) mass is 331 g/mol. The topological polar surface area (TPSA) is 60.7 Å². The highest BCUT2D eigenvalue weighted by atomic mass is 19.4. The number of methoxy groups -OCH3 is 1. The van der Waals surface area contributed by atoms with E-state index in [1.807, 2.05) is 0 Å². The average Bonchev–Trinajstić information content (AvgIpc) is 2.82. The van der Waals surface area contributed by atoms with Crippen LogP contribution in [0.4, 0.5) is 13.2 Å². The largest absolute Gasteiger partial charge is 0.497 e. The Morgan fingerprint density at radius 2 is 2.09 bits per heavy atom. The number of halogens is 3. The molecule has 0 atom stereocenters. The van der Waals surface area contributed by atoms with Crippen LogP contribution < -0.4 is 10.1 Å². The average molecular weight is 331 g/mol. The van der Waals surface area contributed by atoms with Crippen LogP contribution in [0.3, 0.4) is 0 Å². The smallest absolute Gasteiger partial charge is 0.411 e. The predicted molar refractivity (Wildman–Crippen MR) is 76.7 cm³/mol. The molecule has 2 rings (SSSR count). The van der Waals surface area contributed by atoms with Crippen molar-refractivity contribution >= 4 is 16.9 Å². The second kappa shape index (κ2) is 6.91. The highest BCUT2D eigenvalue weighted by molar-refractivity contribution is 5.99. The van der Waals surface area contributed by atoms with Crippen LogP contribution in [0, 0.1) is 6.92 Å². The van der Waals surface area contributed by atoms with Crippen molar-refractivity contribution in [3.63, 3.8) is 0 Å². The molecule has 0 fully saturated rings. The van der Waals surface area contributed by atoms with Crippen molar-refractivity contribution in [2.24, 2.45) is 0 Å². The maximum absolute atomic E-state index is 12.0. The standard InChI is InChI=1S/C15H16F3NO4/c1-9-11-7-10(21-2)3-4-12(11)23-13(9)14(20)19-5-6-22-8-15(16,17)18/h3-4,7H,5-6,8H2,1-2H3,(H,19,20). The molecule has 5 nitrogen and oxygen atoms in total. The maximum Gasteiger partial charge on any atom is 0.411 e. The predicted octanol–water partition coefficient (Wildman–Crippen LogP) is 3.06. The number of hydrogen-bond acceptors (Lipinski definition) is 4. The fourth-order valence-corrected chi connectivity index (χ4v) is 2.05. The second-order valence-electron chi connectivity index (χ2n) is 4.84. The van der Waals surface area contributed by atoms with Gasteiger partial charge in [-0.2, -0.15) is 13.2 Å². The van der Waals surface area contributed by atoms with Gasteiger partial charge in [0.25, 0.3) is 5.91 Å². The van der Waals surface area contributed by atoms with E-state index in [1.54, 1.807) is 25.1 Å². The van der Waals surface area contributed by atoms with E-state index in [2.05, 4.69) is 10.1 Å². The molecule has 0 aliphatic heterocycles. The van der Waals surface area contributed by atoms with Crippen LogP contribution in [0.2, 0.25) is 0 Å². The van der Waals surface area contributed by atoms with Gasteiger partial charge in [-0.15, -0.1) is 0 Å². The normalized spacial score (nSPS) is 11.7. The van der Waals surface area contributed by atoms with Gasteiger partial charge in [-0.05, 0) is 25.1 Å². The Hall–Kier alpha value is -2.22. The molecule has 0 saturated heterocycles. The van der Waals surface area contributed by atoms with Crippen molar-refractivity contribution < 1.29 is 31.9 Å². The number of furan rings is 1. The molecular formula is C15H16F3NO4. The first kappa shape index (κ1) is 17.1. The zero-order valence-corrected chi connectivity index (χ0v) is 12.6. The fourth-order valence-electron chi connectivity index (χ4n) is 2.05. The van der Waals surface area contributed by atoms with Crippen molar-refractivity contribution in [3.8, 4) is 5.75 Å². The van der Waals surface area contributed by atoms with Gasteiger partial charge in [-0.1, -0.05) is 0 Å². The van der Waals surface area contributed by atoms with E-state index in [-0.39, 0.29) is 18.9 Å². The molecule has 1 amide bonds. The van der Waals surface area contributed by atoms with Gasteiger partial charge < -0.3 is 19.2 Å². The summed E-state index contributed by atoms with van der Waals surface area (Å²) >= 11 is 0. The summed E-state index contributed by atoms with van der Waals surface area (Å²) in [5.41, 5.74) is 1.16. The summed E-state index contributed by atoms with van der Waals surface area (Å²) in [7, 11) is 1.53. The number of fused-ring (bicyclic) bond motifs is 1. The summed E-state index contributed by atoms with van der Waals surface area (Å²) < 4.78 is 50.7. The third-order valence-electron chi connectivity index (χ3n) is 3.15. The lowest BCUT2D eigenvalue weighted by molar-refractivity contribution is -0.173. The van der Waals surface area contributed by atoms with Crippen LogP contribution >= 0.6 is 0 Å². The number of benzene rings is 1. The quantitative estimate of drug-likeness (QED) is 0.827. The van der Waals surface area contributed by atoms with E-state index < -0.39 is 18.7 Å². The first-order chi connectivity index (χ1) is 10.8. The minimum absolute atomic E-state index is 0.0469. The summed E-state index contributed by atoms with van der Waals surface area (Å²) in [4.78, 5) is 12.0. The molecule has 0 radical (unpaired) electrons. The van der Waals surface area contributed by atoms with Gasteiger partial charge in [-0.25, -0.2) is 0 Å². The SMILES string of the molecule is COc1ccc2oc(C(=O)NCCOCC(F)(F)F)c(C)c2c1. The van der Waals surface area contributed by atoms with Crippen LogP contribution in [0.25, 0.3) is 11.0 Å². The van der Waals surface area contributed by atoms with E-state index in [9.17, 15) is 18.0 Å². The van der Waals surface area contributed by atoms with E-state index in [0.717, 1.165) is 5.39 Å². The minimum Gasteiger partial charge on any atom is -0.497 e. The Labute approximate surface area is 130 Å². The van der Waals surface area contributed by atoms with Gasteiger partial charge in [0.05, 0.1) is 13.7 Å². The Morgan fingerprint density at radius 3 is 2.74 bits per heavy atom. The van der Waals surface area contributed by atoms with Gasteiger partial charge in [0.15, 0.2) is 5.76 Å². The molecule has 2 aromatic rings. The summed E-state index contributed by atoms with van der Waals surface area (Å²) in [5.74, 6) is 0.242. The fraction of sp³-hybridized carbons (Fsp3) is 0.400. The van der Waals surface area contributed by atoms with E-state index in [1.165, 1.54) is 7.11 Å². The van der Waals surface area contributed by atoms with Crippen molar-refractivity contribution in [2.45, 2.75) is 13.1 Å². The molecule has 126 valence electrons. The summed E-state index contributed by atoms with van der Waals surface area (Å²) in [5, 5.41) is 3.20.